The standard InChI is InChI=1S/C22H18N2O6S/c1-2-29-12-6-3-10(4-7-12)24-20(26)16-15-13-8-5-11(25)9-14(13)30-22(28)17(15)19(23)31-18(16)21(24)27/h3-9,15-16,18,25H,2,23H2,1H3/t15-,16-,18+/m0/s1. The molecule has 2 aromatic rings. The average molecular weight is 438 g/mol. The molecule has 1 saturated heterocycles. The topological polar surface area (TPSA) is 119 Å². The van der Waals surface area contributed by atoms with Gasteiger partial charge in [0, 0.05) is 17.5 Å². The maximum absolute atomic E-state index is 13.5. The summed E-state index contributed by atoms with van der Waals surface area (Å²) < 4.78 is 10.8. The first-order valence-corrected chi connectivity index (χ1v) is 10.6. The van der Waals surface area contributed by atoms with Gasteiger partial charge in [0.2, 0.25) is 11.8 Å². The maximum atomic E-state index is 13.5. The molecule has 0 saturated carbocycles. The Balaban J connectivity index is 1.59. The molecule has 2 aromatic carbocycles. The van der Waals surface area contributed by atoms with Crippen molar-refractivity contribution in [2.75, 3.05) is 11.5 Å². The number of thioether (sulfide) groups is 1. The number of fused-ring (bicyclic) bond motifs is 5. The number of anilines is 1. The highest BCUT2D eigenvalue weighted by molar-refractivity contribution is 8.04. The van der Waals surface area contributed by atoms with Crippen molar-refractivity contribution in [3.8, 4) is 17.2 Å². The number of imide groups is 1. The molecule has 31 heavy (non-hydrogen) atoms. The predicted molar refractivity (Wildman–Crippen MR) is 113 cm³/mol. The molecule has 3 heterocycles. The first-order valence-electron chi connectivity index (χ1n) is 9.72. The molecule has 0 radical (unpaired) electrons. The molecule has 3 atom stereocenters. The summed E-state index contributed by atoms with van der Waals surface area (Å²) in [5.41, 5.74) is 7.31. The molecule has 0 spiro atoms. The smallest absolute Gasteiger partial charge is 0.342 e. The van der Waals surface area contributed by atoms with Gasteiger partial charge in [-0.15, -0.1) is 0 Å². The van der Waals surface area contributed by atoms with Gasteiger partial charge in [0.05, 0.1) is 28.8 Å². The fraction of sp³-hybridized carbons (Fsp3) is 0.227. The second kappa shape index (κ2) is 7.05. The van der Waals surface area contributed by atoms with Crippen LogP contribution in [0.3, 0.4) is 0 Å². The highest BCUT2D eigenvalue weighted by atomic mass is 32.2. The summed E-state index contributed by atoms with van der Waals surface area (Å²) in [6.07, 6.45) is 0. The number of nitrogens with two attached hydrogens (primary N) is 1. The van der Waals surface area contributed by atoms with Crippen LogP contribution in [0.4, 0.5) is 5.69 Å². The number of esters is 1. The van der Waals surface area contributed by atoms with Crippen molar-refractivity contribution in [2.45, 2.75) is 18.1 Å². The van der Waals surface area contributed by atoms with Gasteiger partial charge in [-0.2, -0.15) is 0 Å². The molecule has 2 amide bonds. The van der Waals surface area contributed by atoms with E-state index >= 15 is 0 Å². The number of hydrogen-bond donors (Lipinski definition) is 2. The van der Waals surface area contributed by atoms with Crippen molar-refractivity contribution in [1.82, 2.24) is 0 Å². The summed E-state index contributed by atoms with van der Waals surface area (Å²) in [5, 5.41) is 9.19. The van der Waals surface area contributed by atoms with E-state index in [1.165, 1.54) is 12.1 Å². The van der Waals surface area contributed by atoms with Crippen molar-refractivity contribution in [1.29, 1.82) is 0 Å². The van der Waals surface area contributed by atoms with Crippen LogP contribution in [-0.2, 0) is 14.4 Å². The fourth-order valence-electron chi connectivity index (χ4n) is 4.35. The van der Waals surface area contributed by atoms with Crippen LogP contribution in [0.15, 0.2) is 53.1 Å². The number of phenols is 1. The van der Waals surface area contributed by atoms with Crippen LogP contribution >= 0.6 is 11.8 Å². The molecule has 1 fully saturated rings. The minimum absolute atomic E-state index is 0.0708. The zero-order chi connectivity index (χ0) is 21.9. The summed E-state index contributed by atoms with van der Waals surface area (Å²) in [4.78, 5) is 40.6. The molecule has 9 heteroatoms. The van der Waals surface area contributed by atoms with E-state index in [4.69, 9.17) is 15.2 Å². The first-order chi connectivity index (χ1) is 14.9. The number of carbonyl (C=O) groups excluding carboxylic acids is 3. The molecule has 3 aliphatic rings. The van der Waals surface area contributed by atoms with Crippen LogP contribution in [-0.4, -0.2) is 34.7 Å². The van der Waals surface area contributed by atoms with Gasteiger partial charge in [0.15, 0.2) is 0 Å². The monoisotopic (exact) mass is 438 g/mol. The Morgan fingerprint density at radius 3 is 2.58 bits per heavy atom. The van der Waals surface area contributed by atoms with Gasteiger partial charge in [-0.1, -0.05) is 17.8 Å². The van der Waals surface area contributed by atoms with Crippen LogP contribution in [0.1, 0.15) is 18.4 Å². The Kier molecular flexibility index (Phi) is 4.44. The van der Waals surface area contributed by atoms with Gasteiger partial charge < -0.3 is 20.3 Å². The van der Waals surface area contributed by atoms with E-state index in [1.807, 2.05) is 6.92 Å². The molecular weight excluding hydrogens is 420 g/mol. The van der Waals surface area contributed by atoms with E-state index < -0.39 is 29.0 Å². The van der Waals surface area contributed by atoms with Gasteiger partial charge in [-0.3, -0.25) is 9.59 Å². The number of amides is 2. The molecule has 0 bridgehead atoms. The second-order valence-electron chi connectivity index (χ2n) is 7.37. The molecule has 3 N–H and O–H groups in total. The number of ether oxygens (including phenoxy) is 2. The number of carbonyl (C=O) groups is 3. The number of rotatable bonds is 3. The Morgan fingerprint density at radius 1 is 1.13 bits per heavy atom. The third kappa shape index (κ3) is 2.88. The van der Waals surface area contributed by atoms with Gasteiger partial charge in [0.25, 0.3) is 0 Å². The van der Waals surface area contributed by atoms with Crippen LogP contribution in [0.5, 0.6) is 17.2 Å². The minimum atomic E-state index is -0.817. The first kappa shape index (κ1) is 19.5. The lowest BCUT2D eigenvalue weighted by atomic mass is 9.77. The highest BCUT2D eigenvalue weighted by Crippen LogP contribution is 2.54. The number of benzene rings is 2. The van der Waals surface area contributed by atoms with E-state index in [1.54, 1.807) is 30.3 Å². The van der Waals surface area contributed by atoms with Crippen molar-refractivity contribution in [2.24, 2.45) is 11.7 Å². The quantitative estimate of drug-likeness (QED) is 0.426. The van der Waals surface area contributed by atoms with Gasteiger partial charge in [0.1, 0.15) is 22.5 Å². The lowest BCUT2D eigenvalue weighted by molar-refractivity contribution is -0.131. The van der Waals surface area contributed by atoms with Crippen LogP contribution in [0.2, 0.25) is 0 Å². The van der Waals surface area contributed by atoms with Crippen LogP contribution < -0.4 is 20.1 Å². The largest absolute Gasteiger partial charge is 0.508 e. The SMILES string of the molecule is CCOc1ccc(N2C(=O)[C@@H]3[C@@H](SC(N)=C4C(=O)Oc5cc(O)ccc5[C@H]43)C2=O)cc1. The molecule has 8 nitrogen and oxygen atoms in total. The number of phenolic OH excluding ortho intramolecular Hbond substituents is 1. The molecule has 0 aromatic heterocycles. The molecule has 0 aliphatic carbocycles. The normalized spacial score (nSPS) is 24.5. The van der Waals surface area contributed by atoms with Gasteiger partial charge in [-0.25, -0.2) is 9.69 Å². The van der Waals surface area contributed by atoms with E-state index in [9.17, 15) is 19.5 Å². The summed E-state index contributed by atoms with van der Waals surface area (Å²) >= 11 is 1.02. The summed E-state index contributed by atoms with van der Waals surface area (Å²) in [5.74, 6) is -2.29. The molecule has 3 aliphatic heterocycles. The van der Waals surface area contributed by atoms with Crippen molar-refractivity contribution in [3.63, 3.8) is 0 Å². The third-order valence-corrected chi connectivity index (χ3v) is 6.87. The van der Waals surface area contributed by atoms with Gasteiger partial charge >= 0.3 is 5.97 Å². The molecule has 158 valence electrons. The Bertz CT molecular complexity index is 1160. The van der Waals surface area contributed by atoms with Crippen molar-refractivity contribution in [3.05, 3.63) is 58.6 Å². The van der Waals surface area contributed by atoms with Crippen molar-refractivity contribution < 1.29 is 29.0 Å². The number of aromatic hydroxyl groups is 1. The Morgan fingerprint density at radius 2 is 1.87 bits per heavy atom. The van der Waals surface area contributed by atoms with Gasteiger partial charge in [-0.05, 0) is 37.3 Å². The molecule has 5 rings (SSSR count). The number of hydrogen-bond acceptors (Lipinski definition) is 8. The van der Waals surface area contributed by atoms with Crippen LogP contribution in [0, 0.1) is 5.92 Å². The van der Waals surface area contributed by atoms with E-state index in [0.717, 1.165) is 16.7 Å². The van der Waals surface area contributed by atoms with E-state index in [-0.39, 0.29) is 28.0 Å². The zero-order valence-electron chi connectivity index (χ0n) is 16.4. The minimum Gasteiger partial charge on any atom is -0.508 e. The van der Waals surface area contributed by atoms with E-state index in [2.05, 4.69) is 0 Å². The maximum Gasteiger partial charge on any atom is 0.342 e. The third-order valence-electron chi connectivity index (χ3n) is 5.65. The fourth-order valence-corrected chi connectivity index (χ4v) is 5.59. The lowest BCUT2D eigenvalue weighted by Gasteiger charge is -2.36. The molecule has 0 unspecified atom stereocenters. The second-order valence-corrected chi connectivity index (χ2v) is 8.55. The summed E-state index contributed by atoms with van der Waals surface area (Å²) in [6, 6.07) is 11.1. The Labute approximate surface area is 181 Å². The molecular formula is C22H18N2O6S. The average Bonchev–Trinajstić information content (AvgIpc) is 2.98. The predicted octanol–water partition coefficient (Wildman–Crippen LogP) is 2.27. The van der Waals surface area contributed by atoms with Crippen LogP contribution in [0.25, 0.3) is 0 Å². The van der Waals surface area contributed by atoms with Crippen molar-refractivity contribution >= 4 is 35.2 Å². The lowest BCUT2D eigenvalue weighted by Crippen LogP contribution is -2.39. The van der Waals surface area contributed by atoms with E-state index in [0.29, 0.717) is 23.6 Å². The summed E-state index contributed by atoms with van der Waals surface area (Å²) in [7, 11) is 0. The number of nitrogens with zero attached hydrogens (tertiary/aromatic N) is 1. The zero-order valence-corrected chi connectivity index (χ0v) is 17.2. The highest BCUT2D eigenvalue weighted by Gasteiger charge is 2.58. The summed E-state index contributed by atoms with van der Waals surface area (Å²) in [6.45, 7) is 2.37. The Hall–Kier alpha value is -3.46.